The molecule has 1 heterocycles. The molecule has 4 atom stereocenters. The summed E-state index contributed by atoms with van der Waals surface area (Å²) in [6, 6.07) is 15.7. The second-order valence-electron chi connectivity index (χ2n) is 10.4. The molecule has 184 valence electrons. The van der Waals surface area contributed by atoms with Crippen molar-refractivity contribution in [3.8, 4) is 11.1 Å². The third-order valence-electron chi connectivity index (χ3n) is 7.76. The third kappa shape index (κ3) is 4.51. The maximum atomic E-state index is 13.2. The first-order valence-electron chi connectivity index (χ1n) is 12.5. The van der Waals surface area contributed by atoms with E-state index in [0.717, 1.165) is 28.7 Å². The van der Waals surface area contributed by atoms with E-state index in [4.69, 9.17) is 4.74 Å². The Morgan fingerprint density at radius 2 is 1.54 bits per heavy atom. The molecule has 2 aromatic carbocycles. The van der Waals surface area contributed by atoms with Crippen LogP contribution in [0.5, 0.6) is 0 Å². The van der Waals surface area contributed by atoms with E-state index in [1.165, 1.54) is 0 Å². The highest BCUT2D eigenvalue weighted by Gasteiger charge is 2.60. The number of likely N-dealkylation sites (tertiary alicyclic amines) is 1. The first-order valence-corrected chi connectivity index (χ1v) is 12.5. The number of hydrogen-bond donors (Lipinski definition) is 2. The van der Waals surface area contributed by atoms with Crippen LogP contribution in [0, 0.1) is 23.7 Å². The Morgan fingerprint density at radius 3 is 2.09 bits per heavy atom. The molecular weight excluding hydrogens is 444 g/mol. The second kappa shape index (κ2) is 9.36. The molecule has 35 heavy (non-hydrogen) atoms. The van der Waals surface area contributed by atoms with Crippen molar-refractivity contribution >= 4 is 18.0 Å². The lowest BCUT2D eigenvalue weighted by molar-refractivity contribution is -0.141. The molecule has 2 unspecified atom stereocenters. The molecule has 2 aromatic rings. The summed E-state index contributed by atoms with van der Waals surface area (Å²) in [6.45, 7) is 5.25. The number of hydrogen-bond acceptors (Lipinski definition) is 4. The summed E-state index contributed by atoms with van der Waals surface area (Å²) in [5.41, 5.74) is 4.60. The van der Waals surface area contributed by atoms with Crippen LogP contribution in [0.25, 0.3) is 11.1 Å². The van der Waals surface area contributed by atoms with Crippen LogP contribution in [0.1, 0.15) is 43.7 Å². The number of amides is 2. The number of carbonyl (C=O) groups is 3. The normalized spacial score (nSPS) is 22.8. The number of nitrogens with one attached hydrogen (secondary N) is 1. The number of carbonyl (C=O) groups excluding carboxylic acids is 2. The molecule has 0 spiro atoms. The smallest absolute Gasteiger partial charge is 0.407 e. The fraction of sp³-hybridized carbons (Fsp3) is 0.464. The molecule has 0 bridgehead atoms. The highest BCUT2D eigenvalue weighted by molar-refractivity contribution is 5.87. The van der Waals surface area contributed by atoms with E-state index in [1.807, 2.05) is 24.3 Å². The van der Waals surface area contributed by atoms with Crippen molar-refractivity contribution in [2.45, 2.75) is 38.6 Å². The van der Waals surface area contributed by atoms with Crippen molar-refractivity contribution < 1.29 is 24.2 Å². The first-order chi connectivity index (χ1) is 16.8. The molecule has 0 radical (unpaired) electrons. The van der Waals surface area contributed by atoms with Crippen LogP contribution in [-0.4, -0.2) is 53.7 Å². The predicted octanol–water partition coefficient (Wildman–Crippen LogP) is 4.12. The van der Waals surface area contributed by atoms with E-state index in [0.29, 0.717) is 25.4 Å². The number of fused-ring (bicyclic) bond motifs is 4. The van der Waals surface area contributed by atoms with E-state index in [-0.39, 0.29) is 36.2 Å². The second-order valence-corrected chi connectivity index (χ2v) is 10.4. The minimum absolute atomic E-state index is 0.0386. The number of piperidine rings is 1. The van der Waals surface area contributed by atoms with Crippen molar-refractivity contribution in [3.63, 3.8) is 0 Å². The standard InChI is InChI=1S/C28H32N2O5/c1-16(2)11-12-24(26(31)30-13-21-22(14-30)25(21)27(32)33)29-28(34)35-15-23-19-9-5-3-7-17(19)18-8-4-6-10-20(18)23/h3-10,16,21-25H,11-15H2,1-2H3,(H,29,34)(H,32,33)/t21-,22+,24?,25?. The van der Waals surface area contributed by atoms with Crippen LogP contribution >= 0.6 is 0 Å². The average Bonchev–Trinajstić information content (AvgIpc) is 3.19. The van der Waals surface area contributed by atoms with E-state index in [2.05, 4.69) is 43.4 Å². The van der Waals surface area contributed by atoms with Crippen molar-refractivity contribution in [2.75, 3.05) is 19.7 Å². The van der Waals surface area contributed by atoms with Crippen LogP contribution in [0.15, 0.2) is 48.5 Å². The maximum absolute atomic E-state index is 13.2. The van der Waals surface area contributed by atoms with Gasteiger partial charge in [-0.25, -0.2) is 4.79 Å². The molecule has 2 aliphatic carbocycles. The number of nitrogens with zero attached hydrogens (tertiary/aromatic N) is 1. The SMILES string of the molecule is CC(C)CCC(NC(=O)OCC1c2ccccc2-c2ccccc21)C(=O)N1C[C@@H]2C(C(=O)O)[C@@H]2C1. The Kier molecular flexibility index (Phi) is 6.26. The Hall–Kier alpha value is -3.35. The van der Waals surface area contributed by atoms with Gasteiger partial charge < -0.3 is 20.1 Å². The molecule has 7 nitrogen and oxygen atoms in total. The Morgan fingerprint density at radius 1 is 0.971 bits per heavy atom. The molecule has 1 saturated carbocycles. The van der Waals surface area contributed by atoms with Gasteiger partial charge in [0.05, 0.1) is 5.92 Å². The topological polar surface area (TPSA) is 95.9 Å². The van der Waals surface area contributed by atoms with E-state index < -0.39 is 18.1 Å². The number of aliphatic carboxylic acids is 1. The van der Waals surface area contributed by atoms with Gasteiger partial charge in [-0.2, -0.15) is 0 Å². The van der Waals surface area contributed by atoms with Gasteiger partial charge in [0, 0.05) is 19.0 Å². The first kappa shape index (κ1) is 23.4. The lowest BCUT2D eigenvalue weighted by Gasteiger charge is -2.26. The number of alkyl carbamates (subject to hydrolysis) is 1. The zero-order valence-corrected chi connectivity index (χ0v) is 20.1. The lowest BCUT2D eigenvalue weighted by atomic mass is 9.98. The number of carboxylic acids is 1. The van der Waals surface area contributed by atoms with Crippen molar-refractivity contribution in [3.05, 3.63) is 59.7 Å². The van der Waals surface area contributed by atoms with Gasteiger partial charge in [-0.15, -0.1) is 0 Å². The summed E-state index contributed by atoms with van der Waals surface area (Å²) in [7, 11) is 0. The van der Waals surface area contributed by atoms with Gasteiger partial charge in [0.2, 0.25) is 5.91 Å². The zero-order valence-electron chi connectivity index (χ0n) is 20.1. The molecule has 3 aliphatic rings. The van der Waals surface area contributed by atoms with Crippen molar-refractivity contribution in [1.29, 1.82) is 0 Å². The fourth-order valence-corrected chi connectivity index (χ4v) is 5.83. The number of rotatable bonds is 8. The Labute approximate surface area is 205 Å². The molecule has 5 rings (SSSR count). The van der Waals surface area contributed by atoms with Gasteiger partial charge in [0.1, 0.15) is 12.6 Å². The largest absolute Gasteiger partial charge is 0.481 e. The molecule has 2 amide bonds. The molecular formula is C28H32N2O5. The van der Waals surface area contributed by atoms with Gasteiger partial charge in [-0.05, 0) is 52.8 Å². The van der Waals surface area contributed by atoms with E-state index in [1.54, 1.807) is 4.90 Å². The zero-order chi connectivity index (χ0) is 24.7. The molecule has 0 aromatic heterocycles. The van der Waals surface area contributed by atoms with Crippen LogP contribution in [0.4, 0.5) is 4.79 Å². The molecule has 2 fully saturated rings. The number of benzene rings is 2. The molecule has 7 heteroatoms. The van der Waals surface area contributed by atoms with Gasteiger partial charge in [-0.1, -0.05) is 62.4 Å². The lowest BCUT2D eigenvalue weighted by Crippen LogP contribution is -2.49. The van der Waals surface area contributed by atoms with Gasteiger partial charge >= 0.3 is 12.1 Å². The highest BCUT2D eigenvalue weighted by atomic mass is 16.5. The summed E-state index contributed by atoms with van der Waals surface area (Å²) in [6.07, 6.45) is 0.717. The van der Waals surface area contributed by atoms with E-state index in [9.17, 15) is 19.5 Å². The summed E-state index contributed by atoms with van der Waals surface area (Å²) in [4.78, 5) is 39.0. The van der Waals surface area contributed by atoms with Crippen molar-refractivity contribution in [2.24, 2.45) is 23.7 Å². The Balaban J connectivity index is 1.22. The third-order valence-corrected chi connectivity index (χ3v) is 7.76. The minimum Gasteiger partial charge on any atom is -0.481 e. The number of ether oxygens (including phenoxy) is 1. The quantitative estimate of drug-likeness (QED) is 0.598. The summed E-state index contributed by atoms with van der Waals surface area (Å²) < 4.78 is 5.67. The van der Waals surface area contributed by atoms with E-state index >= 15 is 0 Å². The highest BCUT2D eigenvalue weighted by Crippen LogP contribution is 2.52. The minimum atomic E-state index is -0.778. The molecule has 1 saturated heterocycles. The van der Waals surface area contributed by atoms with Crippen LogP contribution in [0.3, 0.4) is 0 Å². The maximum Gasteiger partial charge on any atom is 0.407 e. The molecule has 2 N–H and O–H groups in total. The summed E-state index contributed by atoms with van der Waals surface area (Å²) in [5, 5.41) is 12.1. The van der Waals surface area contributed by atoms with Gasteiger partial charge in [0.15, 0.2) is 0 Å². The van der Waals surface area contributed by atoms with Gasteiger partial charge in [-0.3, -0.25) is 9.59 Å². The fourth-order valence-electron chi connectivity index (χ4n) is 5.83. The summed E-state index contributed by atoms with van der Waals surface area (Å²) in [5.74, 6) is -0.832. The van der Waals surface area contributed by atoms with Gasteiger partial charge in [0.25, 0.3) is 0 Å². The number of carboxylic acid groups (broad SMARTS) is 1. The predicted molar refractivity (Wildman–Crippen MR) is 131 cm³/mol. The summed E-state index contributed by atoms with van der Waals surface area (Å²) >= 11 is 0. The average molecular weight is 477 g/mol. The Bertz CT molecular complexity index is 1090. The van der Waals surface area contributed by atoms with Crippen LogP contribution < -0.4 is 5.32 Å². The van der Waals surface area contributed by atoms with Crippen LogP contribution in [-0.2, 0) is 14.3 Å². The van der Waals surface area contributed by atoms with Crippen molar-refractivity contribution in [1.82, 2.24) is 10.2 Å². The monoisotopic (exact) mass is 476 g/mol. The molecule has 1 aliphatic heterocycles. The van der Waals surface area contributed by atoms with Crippen LogP contribution in [0.2, 0.25) is 0 Å².